The highest BCUT2D eigenvalue weighted by molar-refractivity contribution is 5.73. The molecule has 216 valence electrons. The van der Waals surface area contributed by atoms with Gasteiger partial charge in [-0.1, -0.05) is 6.07 Å². The van der Waals surface area contributed by atoms with Crippen molar-refractivity contribution in [1.82, 2.24) is 14.8 Å². The van der Waals surface area contributed by atoms with Gasteiger partial charge in [-0.15, -0.1) is 0 Å². The molecule has 4 heterocycles. The van der Waals surface area contributed by atoms with Gasteiger partial charge in [0, 0.05) is 32.4 Å². The molecule has 1 spiro atoms. The molecule has 3 saturated heterocycles. The van der Waals surface area contributed by atoms with E-state index in [0.717, 1.165) is 57.9 Å². The second-order valence-corrected chi connectivity index (χ2v) is 9.16. The van der Waals surface area contributed by atoms with Crippen molar-refractivity contribution in [2.75, 3.05) is 45.9 Å². The van der Waals surface area contributed by atoms with Gasteiger partial charge in [0.05, 0.1) is 25.0 Å². The number of aliphatic carboxylic acids is 2. The molecule has 2 unspecified atom stereocenters. The number of carboxylic acid groups (broad SMARTS) is 2. The maximum atomic E-state index is 10.6. The number of carboxylic acids is 2. The third-order valence-corrected chi connectivity index (χ3v) is 6.02. The minimum absolute atomic E-state index is 0.115. The summed E-state index contributed by atoms with van der Waals surface area (Å²) in [7, 11) is 0. The molecule has 1 aromatic heterocycles. The Balaban J connectivity index is 0.000000301. The Morgan fingerprint density at radius 3 is 2.13 bits per heavy atom. The second kappa shape index (κ2) is 14.1. The van der Waals surface area contributed by atoms with Gasteiger partial charge in [-0.25, -0.2) is 9.59 Å². The molecule has 15 heteroatoms. The van der Waals surface area contributed by atoms with Crippen LogP contribution in [0.5, 0.6) is 0 Å². The Morgan fingerprint density at radius 2 is 1.61 bits per heavy atom. The molecule has 0 bridgehead atoms. The Kier molecular flexibility index (Phi) is 11.7. The smallest absolute Gasteiger partial charge is 0.475 e. The van der Waals surface area contributed by atoms with Gasteiger partial charge in [0.2, 0.25) is 0 Å². The molecule has 0 aliphatic carbocycles. The lowest BCUT2D eigenvalue weighted by Gasteiger charge is -2.32. The van der Waals surface area contributed by atoms with Crippen molar-refractivity contribution in [1.29, 1.82) is 0 Å². The average Bonchev–Trinajstić information content (AvgIpc) is 3.42. The first-order chi connectivity index (χ1) is 17.7. The third-order valence-electron chi connectivity index (χ3n) is 6.02. The summed E-state index contributed by atoms with van der Waals surface area (Å²) in [6.07, 6.45) is -2.95. The number of ether oxygens (including phenoxy) is 2. The van der Waals surface area contributed by atoms with Crippen LogP contribution in [0.1, 0.15) is 31.4 Å². The topological polar surface area (TPSA) is 112 Å². The molecular formula is C23H31F6N3O6. The number of rotatable bonds is 4. The Bertz CT molecular complexity index is 859. The summed E-state index contributed by atoms with van der Waals surface area (Å²) in [5, 5.41) is 14.2. The van der Waals surface area contributed by atoms with Crippen molar-refractivity contribution in [2.45, 2.75) is 56.3 Å². The fourth-order valence-corrected chi connectivity index (χ4v) is 4.34. The van der Waals surface area contributed by atoms with E-state index in [9.17, 15) is 26.3 Å². The third kappa shape index (κ3) is 11.1. The average molecular weight is 560 g/mol. The first-order valence-electron chi connectivity index (χ1n) is 11.9. The Morgan fingerprint density at radius 1 is 1.00 bits per heavy atom. The van der Waals surface area contributed by atoms with Gasteiger partial charge in [-0.05, 0) is 50.9 Å². The van der Waals surface area contributed by atoms with Crippen molar-refractivity contribution in [2.24, 2.45) is 0 Å². The van der Waals surface area contributed by atoms with Gasteiger partial charge in [0.25, 0.3) is 0 Å². The van der Waals surface area contributed by atoms with Crippen LogP contribution in [-0.4, -0.2) is 107 Å². The minimum Gasteiger partial charge on any atom is -0.475 e. The van der Waals surface area contributed by atoms with E-state index in [1.54, 1.807) is 0 Å². The summed E-state index contributed by atoms with van der Waals surface area (Å²) in [6.45, 7) is 7.91. The van der Waals surface area contributed by atoms with E-state index in [2.05, 4.69) is 26.9 Å². The summed E-state index contributed by atoms with van der Waals surface area (Å²) in [5.41, 5.74) is 1.01. The number of alkyl halides is 6. The van der Waals surface area contributed by atoms with Crippen molar-refractivity contribution in [3.05, 3.63) is 30.1 Å². The molecule has 0 radical (unpaired) electrons. The van der Waals surface area contributed by atoms with Crippen LogP contribution in [0.25, 0.3) is 0 Å². The molecule has 38 heavy (non-hydrogen) atoms. The highest BCUT2D eigenvalue weighted by atomic mass is 19.4. The van der Waals surface area contributed by atoms with E-state index < -0.39 is 24.3 Å². The SMILES string of the molecule is O=C(O)C(F)(F)F.O=C(O)C(F)(F)F.c1ccc(CN2CCOCC3(CCC(CN4CCCC4)O3)C2)nc1. The van der Waals surface area contributed by atoms with E-state index in [4.69, 9.17) is 29.3 Å². The van der Waals surface area contributed by atoms with Gasteiger partial charge in [0.1, 0.15) is 5.60 Å². The number of hydrogen-bond acceptors (Lipinski definition) is 7. The quantitative estimate of drug-likeness (QED) is 0.537. The summed E-state index contributed by atoms with van der Waals surface area (Å²) in [5.74, 6) is -5.51. The summed E-state index contributed by atoms with van der Waals surface area (Å²) in [4.78, 5) is 27.3. The van der Waals surface area contributed by atoms with Gasteiger partial charge in [0.15, 0.2) is 0 Å². The van der Waals surface area contributed by atoms with Crippen LogP contribution in [0, 0.1) is 0 Å². The predicted octanol–water partition coefficient (Wildman–Crippen LogP) is 3.19. The van der Waals surface area contributed by atoms with Crippen LogP contribution in [0.15, 0.2) is 24.4 Å². The monoisotopic (exact) mass is 559 g/mol. The summed E-state index contributed by atoms with van der Waals surface area (Å²) < 4.78 is 76.0. The zero-order chi connectivity index (χ0) is 28.4. The number of carbonyl (C=O) groups is 2. The molecule has 0 aromatic carbocycles. The first kappa shape index (κ1) is 31.7. The molecule has 3 fully saturated rings. The van der Waals surface area contributed by atoms with E-state index in [1.165, 1.54) is 25.9 Å². The lowest BCUT2D eigenvalue weighted by Crippen LogP contribution is -2.45. The lowest BCUT2D eigenvalue weighted by atomic mass is 10.00. The van der Waals surface area contributed by atoms with Gasteiger partial charge < -0.3 is 24.6 Å². The lowest BCUT2D eigenvalue weighted by molar-refractivity contribution is -0.193. The summed E-state index contributed by atoms with van der Waals surface area (Å²) >= 11 is 0. The first-order valence-corrected chi connectivity index (χ1v) is 11.9. The highest BCUT2D eigenvalue weighted by Crippen LogP contribution is 2.34. The van der Waals surface area contributed by atoms with Gasteiger partial charge in [-0.3, -0.25) is 9.88 Å². The van der Waals surface area contributed by atoms with E-state index in [-0.39, 0.29) is 5.60 Å². The maximum absolute atomic E-state index is 10.6. The maximum Gasteiger partial charge on any atom is 0.490 e. The van der Waals surface area contributed by atoms with Crippen molar-refractivity contribution < 1.29 is 55.6 Å². The van der Waals surface area contributed by atoms with Crippen LogP contribution in [0.4, 0.5) is 26.3 Å². The largest absolute Gasteiger partial charge is 0.490 e. The summed E-state index contributed by atoms with van der Waals surface area (Å²) in [6, 6.07) is 6.13. The Hall–Kier alpha value is -2.49. The van der Waals surface area contributed by atoms with Crippen molar-refractivity contribution in [3.8, 4) is 0 Å². The standard InChI is InChI=1S/C19H29N3O2.2C2HF3O2/c1-2-8-20-17(5-1)13-22-11-12-23-16-19(15-22)7-6-18(24-19)14-21-9-3-4-10-21;2*3-2(4,5)1(6)7/h1-2,5,8,18H,3-4,6-7,9-16H2;2*(H,6,7). The van der Waals surface area contributed by atoms with Crippen molar-refractivity contribution >= 4 is 11.9 Å². The molecule has 3 aliphatic rings. The number of aromatic nitrogens is 1. The van der Waals surface area contributed by atoms with E-state index in [0.29, 0.717) is 6.10 Å². The van der Waals surface area contributed by atoms with Gasteiger partial charge >= 0.3 is 24.3 Å². The number of pyridine rings is 1. The van der Waals surface area contributed by atoms with Crippen molar-refractivity contribution in [3.63, 3.8) is 0 Å². The van der Waals surface area contributed by atoms with E-state index >= 15 is 0 Å². The highest BCUT2D eigenvalue weighted by Gasteiger charge is 2.43. The van der Waals surface area contributed by atoms with Crippen LogP contribution >= 0.6 is 0 Å². The molecule has 3 aliphatic heterocycles. The predicted molar refractivity (Wildman–Crippen MR) is 120 cm³/mol. The number of nitrogens with zero attached hydrogens (tertiary/aromatic N) is 3. The van der Waals surface area contributed by atoms with Crippen LogP contribution in [0.2, 0.25) is 0 Å². The fourth-order valence-electron chi connectivity index (χ4n) is 4.34. The number of halogens is 6. The molecule has 1 aromatic rings. The molecule has 2 atom stereocenters. The zero-order valence-electron chi connectivity index (χ0n) is 20.5. The second-order valence-electron chi connectivity index (χ2n) is 9.16. The van der Waals surface area contributed by atoms with Crippen LogP contribution in [-0.2, 0) is 25.6 Å². The normalized spacial score (nSPS) is 24.6. The molecule has 0 amide bonds. The van der Waals surface area contributed by atoms with Crippen LogP contribution in [0.3, 0.4) is 0 Å². The Labute approximate surface area is 215 Å². The molecule has 0 saturated carbocycles. The van der Waals surface area contributed by atoms with Gasteiger partial charge in [-0.2, -0.15) is 26.3 Å². The molecular weight excluding hydrogens is 528 g/mol. The molecule has 2 N–H and O–H groups in total. The minimum atomic E-state index is -5.08. The molecule has 4 rings (SSSR count). The van der Waals surface area contributed by atoms with E-state index in [1.807, 2.05) is 12.3 Å². The fraction of sp³-hybridized carbons (Fsp3) is 0.696. The zero-order valence-corrected chi connectivity index (χ0v) is 20.5. The molecule has 9 nitrogen and oxygen atoms in total. The number of hydrogen-bond donors (Lipinski definition) is 2. The number of likely N-dealkylation sites (tertiary alicyclic amines) is 1. The van der Waals surface area contributed by atoms with Crippen LogP contribution < -0.4 is 0 Å².